The van der Waals surface area contributed by atoms with Gasteiger partial charge in [0.25, 0.3) is 0 Å². The highest BCUT2D eigenvalue weighted by atomic mass is 19.1. The zero-order valence-electron chi connectivity index (χ0n) is 21.0. The molecular weight excluding hydrogens is 487 g/mol. The summed E-state index contributed by atoms with van der Waals surface area (Å²) in [6.07, 6.45) is 9.70. The molecule has 0 bridgehead atoms. The Bertz CT molecular complexity index is 1840. The van der Waals surface area contributed by atoms with E-state index in [0.717, 1.165) is 5.69 Å². The molecule has 38 heavy (non-hydrogen) atoms. The zero-order valence-corrected chi connectivity index (χ0v) is 21.0. The molecule has 6 aromatic heterocycles. The third-order valence-electron chi connectivity index (χ3n) is 6.06. The summed E-state index contributed by atoms with van der Waals surface area (Å²) in [5, 5.41) is 10.2. The molecule has 11 nitrogen and oxygen atoms in total. The molecule has 0 radical (unpaired) electrons. The molecule has 0 aliphatic carbocycles. The van der Waals surface area contributed by atoms with Crippen LogP contribution in [0.4, 0.5) is 10.1 Å². The van der Waals surface area contributed by atoms with Crippen molar-refractivity contribution in [2.75, 3.05) is 5.32 Å². The minimum Gasteiger partial charge on any atom is -0.336 e. The maximum atomic E-state index is 16.0. The van der Waals surface area contributed by atoms with Gasteiger partial charge in [-0.25, -0.2) is 19.3 Å². The number of rotatable bonds is 4. The van der Waals surface area contributed by atoms with Crippen molar-refractivity contribution in [1.82, 2.24) is 44.7 Å². The molecule has 0 aliphatic heterocycles. The molecule has 0 saturated heterocycles. The number of hydrogen-bond acceptors (Lipinski definition) is 7. The maximum Gasteiger partial charge on any atom is 0.229 e. The van der Waals surface area contributed by atoms with Gasteiger partial charge in [-0.05, 0) is 19.1 Å². The first-order valence-electron chi connectivity index (χ1n) is 11.8. The van der Waals surface area contributed by atoms with Crippen molar-refractivity contribution in [3.05, 3.63) is 61.0 Å². The highest BCUT2D eigenvalue weighted by Gasteiger charge is 2.23. The van der Waals surface area contributed by atoms with Gasteiger partial charge in [0.2, 0.25) is 5.91 Å². The Balaban J connectivity index is 1.44. The van der Waals surface area contributed by atoms with Crippen LogP contribution in [0.3, 0.4) is 0 Å². The van der Waals surface area contributed by atoms with Gasteiger partial charge in [-0.1, -0.05) is 20.8 Å². The fraction of sp³-hybridized carbons (Fsp3) is 0.192. The number of hydrogen-bond donors (Lipinski definition) is 3. The first-order valence-corrected chi connectivity index (χ1v) is 11.8. The van der Waals surface area contributed by atoms with Gasteiger partial charge in [0.05, 0.1) is 40.2 Å². The third kappa shape index (κ3) is 3.95. The lowest BCUT2D eigenvalue weighted by atomic mass is 9.95. The fourth-order valence-electron chi connectivity index (χ4n) is 4.06. The van der Waals surface area contributed by atoms with Gasteiger partial charge in [-0.15, -0.1) is 0 Å². The van der Waals surface area contributed by atoms with Gasteiger partial charge >= 0.3 is 0 Å². The summed E-state index contributed by atoms with van der Waals surface area (Å²) in [7, 11) is 0. The monoisotopic (exact) mass is 510 g/mol. The van der Waals surface area contributed by atoms with Gasteiger partial charge < -0.3 is 10.3 Å². The molecule has 0 aromatic carbocycles. The predicted octanol–water partition coefficient (Wildman–Crippen LogP) is 4.58. The van der Waals surface area contributed by atoms with E-state index < -0.39 is 11.2 Å². The lowest BCUT2D eigenvalue weighted by Gasteiger charge is -2.17. The number of anilines is 1. The van der Waals surface area contributed by atoms with Crippen LogP contribution >= 0.6 is 0 Å². The average Bonchev–Trinajstić information content (AvgIpc) is 3.61. The number of aromatic nitrogens is 9. The molecule has 190 valence electrons. The van der Waals surface area contributed by atoms with Crippen molar-refractivity contribution in [1.29, 1.82) is 0 Å². The van der Waals surface area contributed by atoms with E-state index in [1.807, 2.05) is 33.9 Å². The van der Waals surface area contributed by atoms with E-state index in [2.05, 4.69) is 40.4 Å². The number of fused-ring (bicyclic) bond motifs is 2. The number of carbonyl (C=O) groups is 1. The van der Waals surface area contributed by atoms with Crippen LogP contribution in [0.1, 0.15) is 26.5 Å². The molecule has 0 saturated carbocycles. The van der Waals surface area contributed by atoms with Crippen LogP contribution in [0.5, 0.6) is 0 Å². The summed E-state index contributed by atoms with van der Waals surface area (Å²) in [6.45, 7) is 7.31. The van der Waals surface area contributed by atoms with Gasteiger partial charge in [0, 0.05) is 29.6 Å². The van der Waals surface area contributed by atoms with E-state index in [1.54, 1.807) is 29.2 Å². The Morgan fingerprint density at radius 1 is 1.08 bits per heavy atom. The van der Waals surface area contributed by atoms with Crippen LogP contribution in [0.15, 0.2) is 49.4 Å². The summed E-state index contributed by atoms with van der Waals surface area (Å²) in [5.41, 5.74) is 3.21. The van der Waals surface area contributed by atoms with Crippen LogP contribution in [-0.4, -0.2) is 50.6 Å². The Morgan fingerprint density at radius 2 is 1.92 bits per heavy atom. The molecule has 6 aromatic rings. The molecule has 0 spiro atoms. The molecule has 0 fully saturated rings. The Kier molecular flexibility index (Phi) is 5.26. The molecule has 0 aliphatic rings. The van der Waals surface area contributed by atoms with Gasteiger partial charge in [0.15, 0.2) is 17.5 Å². The third-order valence-corrected chi connectivity index (χ3v) is 6.06. The second-order valence-electron chi connectivity index (χ2n) is 9.99. The molecule has 0 unspecified atom stereocenters. The van der Waals surface area contributed by atoms with Gasteiger partial charge in [0.1, 0.15) is 23.2 Å². The number of aromatic amines is 2. The highest BCUT2D eigenvalue weighted by Crippen LogP contribution is 2.33. The lowest BCUT2D eigenvalue weighted by molar-refractivity contribution is -0.123. The molecule has 6 heterocycles. The first-order chi connectivity index (χ1) is 18.2. The number of H-pyrrole nitrogens is 2. The molecule has 0 atom stereocenters. The molecule has 1 amide bonds. The number of nitrogens with zero attached hydrogens (tertiary/aromatic N) is 7. The van der Waals surface area contributed by atoms with Crippen molar-refractivity contribution < 1.29 is 9.18 Å². The molecule has 6 rings (SSSR count). The van der Waals surface area contributed by atoms with E-state index in [-0.39, 0.29) is 17.0 Å². The number of nitrogens with one attached hydrogen (secondary N) is 3. The number of aryl methyl sites for hydroxylation is 1. The number of imidazole rings is 2. The van der Waals surface area contributed by atoms with E-state index in [4.69, 9.17) is 4.98 Å². The first kappa shape index (κ1) is 23.4. The van der Waals surface area contributed by atoms with Crippen molar-refractivity contribution >= 4 is 33.5 Å². The van der Waals surface area contributed by atoms with Crippen molar-refractivity contribution in [2.24, 2.45) is 5.41 Å². The Labute approximate surface area is 215 Å². The molecular formula is C26H23FN10O. The van der Waals surface area contributed by atoms with Crippen LogP contribution in [0.25, 0.3) is 50.5 Å². The van der Waals surface area contributed by atoms with Crippen LogP contribution in [0, 0.1) is 18.2 Å². The summed E-state index contributed by atoms with van der Waals surface area (Å²) < 4.78 is 17.8. The number of amides is 1. The highest BCUT2D eigenvalue weighted by molar-refractivity contribution is 5.97. The SMILES string of the molecule is Cc1cn(-c2nccc3[nH]c(-c4n[nH]c5cnc(-c6cncc(NC(=O)C(C)(C)C)c6)c(F)c45)nc23)cn1. The van der Waals surface area contributed by atoms with E-state index in [1.165, 1.54) is 18.6 Å². The average molecular weight is 511 g/mol. The zero-order chi connectivity index (χ0) is 26.6. The normalized spacial score (nSPS) is 11.9. The van der Waals surface area contributed by atoms with E-state index in [0.29, 0.717) is 45.1 Å². The standard InChI is InChI=1S/C26H23FN10O/c1-13-11-37(12-31-13)24-21-16(5-6-29-24)33-23(34-21)22-18-17(35-36-22)10-30-20(19(18)27)14-7-15(9-28-8-14)32-25(38)26(2,3)4/h5-12H,1-4H3,(H,32,38)(H,33,34)(H,35,36). The lowest BCUT2D eigenvalue weighted by Crippen LogP contribution is -2.27. The summed E-state index contributed by atoms with van der Waals surface area (Å²) >= 11 is 0. The largest absolute Gasteiger partial charge is 0.336 e. The summed E-state index contributed by atoms with van der Waals surface area (Å²) in [5.74, 6) is 0.199. The van der Waals surface area contributed by atoms with E-state index >= 15 is 4.39 Å². The number of halogens is 1. The number of carbonyl (C=O) groups excluding carboxylic acids is 1. The van der Waals surface area contributed by atoms with Crippen molar-refractivity contribution in [3.8, 4) is 28.6 Å². The Hall–Kier alpha value is -5.00. The van der Waals surface area contributed by atoms with Crippen LogP contribution in [-0.2, 0) is 4.79 Å². The minimum atomic E-state index is -0.594. The second kappa shape index (κ2) is 8.54. The van der Waals surface area contributed by atoms with Gasteiger partial charge in [-0.3, -0.25) is 24.4 Å². The Morgan fingerprint density at radius 3 is 2.68 bits per heavy atom. The van der Waals surface area contributed by atoms with Crippen molar-refractivity contribution in [2.45, 2.75) is 27.7 Å². The summed E-state index contributed by atoms with van der Waals surface area (Å²) in [4.78, 5) is 37.5. The van der Waals surface area contributed by atoms with Crippen LogP contribution < -0.4 is 5.32 Å². The maximum absolute atomic E-state index is 16.0. The number of pyridine rings is 3. The molecule has 3 N–H and O–H groups in total. The summed E-state index contributed by atoms with van der Waals surface area (Å²) in [6, 6.07) is 3.43. The molecule has 12 heteroatoms. The minimum absolute atomic E-state index is 0.0758. The van der Waals surface area contributed by atoms with E-state index in [9.17, 15) is 4.79 Å². The topological polar surface area (TPSA) is 143 Å². The quantitative estimate of drug-likeness (QED) is 0.315. The van der Waals surface area contributed by atoms with Crippen molar-refractivity contribution in [3.63, 3.8) is 0 Å². The van der Waals surface area contributed by atoms with Gasteiger partial charge in [-0.2, -0.15) is 5.10 Å². The fourth-order valence-corrected chi connectivity index (χ4v) is 4.06. The second-order valence-corrected chi connectivity index (χ2v) is 9.99. The smallest absolute Gasteiger partial charge is 0.229 e. The predicted molar refractivity (Wildman–Crippen MR) is 140 cm³/mol. The van der Waals surface area contributed by atoms with Crippen LogP contribution in [0.2, 0.25) is 0 Å².